The first-order valence-corrected chi connectivity index (χ1v) is 7.26. The lowest BCUT2D eigenvalue weighted by molar-refractivity contribution is -0.154. The van der Waals surface area contributed by atoms with Crippen LogP contribution in [0.15, 0.2) is 60.7 Å². The van der Waals surface area contributed by atoms with E-state index < -0.39 is 30.0 Å². The van der Waals surface area contributed by atoms with E-state index in [9.17, 15) is 19.2 Å². The Kier molecular flexibility index (Phi) is 6.00. The summed E-state index contributed by atoms with van der Waals surface area (Å²) in [6.07, 6.45) is -1.32. The minimum absolute atomic E-state index is 0.211. The zero-order valence-electron chi connectivity index (χ0n) is 13.0. The average molecular weight is 342 g/mol. The zero-order valence-corrected chi connectivity index (χ0v) is 13.0. The van der Waals surface area contributed by atoms with Crippen molar-refractivity contribution in [2.45, 2.75) is 12.5 Å². The van der Waals surface area contributed by atoms with Crippen LogP contribution >= 0.6 is 0 Å². The molecule has 0 bridgehead atoms. The van der Waals surface area contributed by atoms with E-state index in [4.69, 9.17) is 9.84 Å². The number of hydrogen-bond donors (Lipinski definition) is 1. The molecule has 1 atom stereocenters. The Balaban J connectivity index is 0.000000212. The van der Waals surface area contributed by atoms with E-state index in [0.717, 1.165) is 0 Å². The fourth-order valence-electron chi connectivity index (χ4n) is 1.90. The van der Waals surface area contributed by atoms with E-state index >= 15 is 0 Å². The maximum atomic E-state index is 11.5. The molecule has 1 heterocycles. The van der Waals surface area contributed by atoms with Gasteiger partial charge in [-0.05, 0) is 24.3 Å². The summed E-state index contributed by atoms with van der Waals surface area (Å²) in [5, 5.41) is 8.38. The highest BCUT2D eigenvalue weighted by Crippen LogP contribution is 2.14. The first kappa shape index (κ1) is 17.9. The molecule has 0 aromatic heterocycles. The Morgan fingerprint density at radius 1 is 0.920 bits per heavy atom. The maximum Gasteiger partial charge on any atom is 0.355 e. The van der Waals surface area contributed by atoms with Gasteiger partial charge in [0.25, 0.3) is 0 Å². The third-order valence-electron chi connectivity index (χ3n) is 3.11. The largest absolute Gasteiger partial charge is 0.478 e. The number of carbonyl (C=O) groups excluding carboxylic acids is 3. The lowest BCUT2D eigenvalue weighted by atomic mass is 10.2. The summed E-state index contributed by atoms with van der Waals surface area (Å²) in [4.78, 5) is 43.5. The van der Waals surface area contributed by atoms with Crippen molar-refractivity contribution in [2.75, 3.05) is 0 Å². The van der Waals surface area contributed by atoms with Gasteiger partial charge in [0.05, 0.1) is 17.5 Å². The molecule has 1 fully saturated rings. The van der Waals surface area contributed by atoms with Crippen LogP contribution in [0.2, 0.25) is 0 Å². The van der Waals surface area contributed by atoms with Crippen LogP contribution < -0.4 is 0 Å². The van der Waals surface area contributed by atoms with Crippen LogP contribution in [-0.4, -0.2) is 35.1 Å². The van der Waals surface area contributed by atoms with Crippen molar-refractivity contribution in [3.8, 4) is 0 Å². The fourth-order valence-corrected chi connectivity index (χ4v) is 1.90. The average Bonchev–Trinajstić information content (AvgIpc) is 2.94. The molecule has 1 aliphatic rings. The van der Waals surface area contributed by atoms with Crippen molar-refractivity contribution >= 4 is 23.9 Å². The van der Waals surface area contributed by atoms with Crippen molar-refractivity contribution in [2.24, 2.45) is 0 Å². The molecular weight excluding hydrogens is 328 g/mol. The topological polar surface area (TPSA) is 107 Å². The molecule has 7 heteroatoms. The molecule has 0 aliphatic carbocycles. The van der Waals surface area contributed by atoms with E-state index in [-0.39, 0.29) is 6.42 Å². The van der Waals surface area contributed by atoms with Gasteiger partial charge < -0.3 is 14.6 Å². The van der Waals surface area contributed by atoms with Crippen molar-refractivity contribution < 1.29 is 33.8 Å². The standard InChI is InChI=1S/C11H8O5.C7H6O2/c12-9-6-8(11(14)16-9)15-10(13)7-4-2-1-3-5-7;8-7(9)6-4-2-1-3-5-6/h1-5,8H,6H2;1-5H,(H,8,9). The van der Waals surface area contributed by atoms with Crippen molar-refractivity contribution in [1.29, 1.82) is 0 Å². The number of carboxylic acid groups (broad SMARTS) is 1. The summed E-state index contributed by atoms with van der Waals surface area (Å²) < 4.78 is 9.10. The second kappa shape index (κ2) is 8.39. The highest BCUT2D eigenvalue weighted by atomic mass is 16.6. The Labute approximate surface area is 142 Å². The van der Waals surface area contributed by atoms with Crippen LogP contribution in [0.1, 0.15) is 27.1 Å². The van der Waals surface area contributed by atoms with Gasteiger partial charge in [-0.2, -0.15) is 0 Å². The van der Waals surface area contributed by atoms with Gasteiger partial charge in [-0.1, -0.05) is 36.4 Å². The number of carbonyl (C=O) groups is 4. The minimum Gasteiger partial charge on any atom is -0.478 e. The van der Waals surface area contributed by atoms with E-state index in [2.05, 4.69) is 4.74 Å². The number of ether oxygens (including phenoxy) is 2. The fraction of sp³-hybridized carbons (Fsp3) is 0.111. The molecule has 25 heavy (non-hydrogen) atoms. The molecule has 0 spiro atoms. The molecule has 2 aromatic carbocycles. The van der Waals surface area contributed by atoms with Crippen LogP contribution in [-0.2, 0) is 19.1 Å². The molecule has 128 valence electrons. The van der Waals surface area contributed by atoms with Crippen molar-refractivity contribution in [3.63, 3.8) is 0 Å². The van der Waals surface area contributed by atoms with Crippen LogP contribution in [0.3, 0.4) is 0 Å². The van der Waals surface area contributed by atoms with Gasteiger partial charge in [0.15, 0.2) is 0 Å². The van der Waals surface area contributed by atoms with Crippen molar-refractivity contribution in [3.05, 3.63) is 71.8 Å². The van der Waals surface area contributed by atoms with E-state index in [1.165, 1.54) is 0 Å². The molecule has 2 aromatic rings. The third kappa shape index (κ3) is 5.28. The van der Waals surface area contributed by atoms with E-state index in [0.29, 0.717) is 11.1 Å². The SMILES string of the molecule is O=C(O)c1ccccc1.O=C1CC(OC(=O)c2ccccc2)C(=O)O1. The lowest BCUT2D eigenvalue weighted by Crippen LogP contribution is -2.22. The van der Waals surface area contributed by atoms with Gasteiger partial charge in [0.1, 0.15) is 0 Å². The highest BCUT2D eigenvalue weighted by Gasteiger charge is 2.36. The smallest absolute Gasteiger partial charge is 0.355 e. The summed E-state index contributed by atoms with van der Waals surface area (Å²) in [6.45, 7) is 0. The molecule has 1 unspecified atom stereocenters. The molecule has 1 N–H and O–H groups in total. The third-order valence-corrected chi connectivity index (χ3v) is 3.11. The van der Waals surface area contributed by atoms with Gasteiger partial charge in [0.2, 0.25) is 6.10 Å². The summed E-state index contributed by atoms with van der Waals surface area (Å²) in [5.41, 5.74) is 0.659. The van der Waals surface area contributed by atoms with Gasteiger partial charge in [0, 0.05) is 0 Å². The molecule has 3 rings (SSSR count). The second-order valence-electron chi connectivity index (χ2n) is 4.93. The Morgan fingerprint density at radius 2 is 1.44 bits per heavy atom. The molecular formula is C18H14O7. The van der Waals surface area contributed by atoms with Crippen LogP contribution in [0.5, 0.6) is 0 Å². The number of carboxylic acids is 1. The van der Waals surface area contributed by atoms with Gasteiger partial charge in [-0.15, -0.1) is 0 Å². The summed E-state index contributed by atoms with van der Waals surface area (Å²) >= 11 is 0. The highest BCUT2D eigenvalue weighted by molar-refractivity contribution is 5.99. The normalized spacial score (nSPS) is 15.6. The van der Waals surface area contributed by atoms with Gasteiger partial charge in [-0.3, -0.25) is 4.79 Å². The number of esters is 3. The van der Waals surface area contributed by atoms with Gasteiger partial charge in [-0.25, -0.2) is 14.4 Å². The number of aromatic carboxylic acids is 1. The monoisotopic (exact) mass is 342 g/mol. The molecule has 0 saturated carbocycles. The predicted molar refractivity (Wildman–Crippen MR) is 84.8 cm³/mol. The Hall–Kier alpha value is -3.48. The molecule has 1 saturated heterocycles. The first-order chi connectivity index (χ1) is 12.0. The second-order valence-corrected chi connectivity index (χ2v) is 4.93. The Morgan fingerprint density at radius 3 is 1.84 bits per heavy atom. The van der Waals surface area contributed by atoms with Gasteiger partial charge >= 0.3 is 23.9 Å². The number of rotatable bonds is 3. The van der Waals surface area contributed by atoms with Crippen molar-refractivity contribution in [1.82, 2.24) is 0 Å². The number of hydrogen-bond acceptors (Lipinski definition) is 6. The lowest BCUT2D eigenvalue weighted by Gasteiger charge is -2.06. The molecule has 7 nitrogen and oxygen atoms in total. The Bertz CT molecular complexity index is 769. The van der Waals surface area contributed by atoms with Crippen LogP contribution in [0.4, 0.5) is 0 Å². The number of cyclic esters (lactones) is 2. The maximum absolute atomic E-state index is 11.5. The molecule has 0 amide bonds. The number of benzene rings is 2. The quantitative estimate of drug-likeness (QED) is 0.672. The summed E-state index contributed by atoms with van der Waals surface area (Å²) in [7, 11) is 0. The summed E-state index contributed by atoms with van der Waals surface area (Å²) in [5.74, 6) is -3.00. The van der Waals surface area contributed by atoms with Crippen LogP contribution in [0.25, 0.3) is 0 Å². The minimum atomic E-state index is -1.11. The van der Waals surface area contributed by atoms with Crippen LogP contribution in [0, 0.1) is 0 Å². The van der Waals surface area contributed by atoms with E-state index in [1.54, 1.807) is 60.7 Å². The first-order valence-electron chi connectivity index (χ1n) is 7.26. The molecule has 1 aliphatic heterocycles. The molecule has 0 radical (unpaired) electrons. The zero-order chi connectivity index (χ0) is 18.2. The summed E-state index contributed by atoms with van der Waals surface area (Å²) in [6, 6.07) is 16.5. The van der Waals surface area contributed by atoms with E-state index in [1.807, 2.05) is 0 Å². The predicted octanol–water partition coefficient (Wildman–Crippen LogP) is 2.07.